The minimum atomic E-state index is -1.11. The maximum atomic E-state index is 12.2. The fourth-order valence-corrected chi connectivity index (χ4v) is 3.12. The van der Waals surface area contributed by atoms with Crippen LogP contribution in [0.4, 0.5) is 0 Å². The highest BCUT2D eigenvalue weighted by Crippen LogP contribution is 2.14. The lowest BCUT2D eigenvalue weighted by Gasteiger charge is -2.01. The molecule has 0 radical (unpaired) electrons. The molecule has 7 nitrogen and oxygen atoms in total. The second-order valence-electron chi connectivity index (χ2n) is 5.01. The molecule has 0 fully saturated rings. The number of aromatic nitrogens is 4. The van der Waals surface area contributed by atoms with Gasteiger partial charge in [-0.2, -0.15) is 4.80 Å². The molecule has 0 spiro atoms. The number of carbonyl (C=O) groups excluding carboxylic acids is 1. The Bertz CT molecular complexity index is 862. The largest absolute Gasteiger partial charge is 0.366 e. The van der Waals surface area contributed by atoms with Gasteiger partial charge in [-0.3, -0.25) is 9.00 Å². The predicted octanol–water partition coefficient (Wildman–Crippen LogP) is 1.25. The fraction of sp³-hybridized carbons (Fsp3) is 0.125. The number of amides is 1. The molecule has 0 aliphatic rings. The number of nitrogens with zero attached hydrogens (tertiary/aromatic N) is 4. The minimum Gasteiger partial charge on any atom is -0.366 e. The van der Waals surface area contributed by atoms with Crippen LogP contribution in [0.5, 0.6) is 0 Å². The second kappa shape index (κ2) is 7.14. The van der Waals surface area contributed by atoms with Gasteiger partial charge >= 0.3 is 0 Å². The average Bonchev–Trinajstić information content (AvgIpc) is 3.09. The van der Waals surface area contributed by atoms with E-state index in [2.05, 4.69) is 15.4 Å². The Kier molecular flexibility index (Phi) is 4.76. The van der Waals surface area contributed by atoms with E-state index in [0.717, 1.165) is 10.5 Å². The number of aryl methyl sites for hydroxylation is 1. The monoisotopic (exact) mass is 341 g/mol. The van der Waals surface area contributed by atoms with E-state index in [1.54, 1.807) is 24.3 Å². The van der Waals surface area contributed by atoms with Crippen LogP contribution in [0.1, 0.15) is 10.4 Å². The van der Waals surface area contributed by atoms with Crippen LogP contribution in [-0.4, -0.2) is 36.1 Å². The summed E-state index contributed by atoms with van der Waals surface area (Å²) < 4.78 is 12.2. The Morgan fingerprint density at radius 1 is 1.08 bits per heavy atom. The Morgan fingerprint density at radius 3 is 2.46 bits per heavy atom. The first-order valence-electron chi connectivity index (χ1n) is 7.25. The third-order valence-corrected chi connectivity index (χ3v) is 4.71. The third-order valence-electron chi connectivity index (χ3n) is 3.36. The molecule has 1 atom stereocenters. The maximum Gasteiger partial charge on any atom is 0.248 e. The van der Waals surface area contributed by atoms with Gasteiger partial charge in [-0.05, 0) is 29.5 Å². The van der Waals surface area contributed by atoms with E-state index < -0.39 is 16.7 Å². The van der Waals surface area contributed by atoms with Gasteiger partial charge in [-0.25, -0.2) is 0 Å². The Balaban J connectivity index is 1.65. The minimum absolute atomic E-state index is 0.397. The molecule has 3 aromatic rings. The van der Waals surface area contributed by atoms with Crippen LogP contribution in [0, 0.1) is 0 Å². The lowest BCUT2D eigenvalue weighted by atomic mass is 10.1. The second-order valence-corrected chi connectivity index (χ2v) is 6.58. The molecule has 1 amide bonds. The van der Waals surface area contributed by atoms with Gasteiger partial charge in [0.1, 0.15) is 0 Å². The van der Waals surface area contributed by atoms with Crippen LogP contribution in [0.25, 0.3) is 11.4 Å². The van der Waals surface area contributed by atoms with E-state index in [1.807, 2.05) is 30.3 Å². The van der Waals surface area contributed by atoms with Crippen molar-refractivity contribution < 1.29 is 9.00 Å². The van der Waals surface area contributed by atoms with Gasteiger partial charge in [0.05, 0.1) is 17.3 Å². The number of nitrogens with two attached hydrogens (primary N) is 1. The SMILES string of the molecule is NC(=O)c1ccc(-c2nnn(CC[S@](=O)c3ccccc3)n2)cc1. The average molecular weight is 341 g/mol. The van der Waals surface area contributed by atoms with Crippen molar-refractivity contribution in [3.8, 4) is 11.4 Å². The molecule has 0 aliphatic carbocycles. The van der Waals surface area contributed by atoms with E-state index in [4.69, 9.17) is 5.73 Å². The lowest BCUT2D eigenvalue weighted by Crippen LogP contribution is -2.11. The van der Waals surface area contributed by atoms with Gasteiger partial charge in [-0.15, -0.1) is 10.2 Å². The van der Waals surface area contributed by atoms with Gasteiger partial charge in [0.15, 0.2) is 0 Å². The Hall–Kier alpha value is -2.87. The van der Waals surface area contributed by atoms with Gasteiger partial charge in [-0.1, -0.05) is 30.3 Å². The van der Waals surface area contributed by atoms with E-state index >= 15 is 0 Å². The Labute approximate surface area is 140 Å². The number of rotatable bonds is 6. The maximum absolute atomic E-state index is 12.2. The topological polar surface area (TPSA) is 104 Å². The van der Waals surface area contributed by atoms with Crippen LogP contribution >= 0.6 is 0 Å². The molecule has 1 aromatic heterocycles. The van der Waals surface area contributed by atoms with E-state index in [-0.39, 0.29) is 0 Å². The number of hydrogen-bond donors (Lipinski definition) is 1. The summed E-state index contributed by atoms with van der Waals surface area (Å²) in [5.41, 5.74) is 6.36. The molecular formula is C16H15N5O2S. The summed E-state index contributed by atoms with van der Waals surface area (Å²) in [5, 5.41) is 12.2. The van der Waals surface area contributed by atoms with Gasteiger partial charge in [0.25, 0.3) is 0 Å². The summed E-state index contributed by atoms with van der Waals surface area (Å²) in [6.07, 6.45) is 0. The zero-order chi connectivity index (χ0) is 16.9. The highest BCUT2D eigenvalue weighted by molar-refractivity contribution is 7.85. The first-order valence-corrected chi connectivity index (χ1v) is 8.57. The van der Waals surface area contributed by atoms with Crippen molar-refractivity contribution in [3.63, 3.8) is 0 Å². The summed E-state index contributed by atoms with van der Waals surface area (Å²) in [7, 11) is -1.11. The van der Waals surface area contributed by atoms with Crippen molar-refractivity contribution in [2.75, 3.05) is 5.75 Å². The summed E-state index contributed by atoms with van der Waals surface area (Å²) in [5.74, 6) is 0.360. The smallest absolute Gasteiger partial charge is 0.248 e. The molecule has 2 aromatic carbocycles. The summed E-state index contributed by atoms with van der Waals surface area (Å²) in [6, 6.07) is 15.9. The number of benzene rings is 2. The number of tetrazole rings is 1. The molecule has 2 N–H and O–H groups in total. The van der Waals surface area contributed by atoms with E-state index in [9.17, 15) is 9.00 Å². The number of hydrogen-bond acceptors (Lipinski definition) is 5. The molecule has 3 rings (SSSR count). The first-order chi connectivity index (χ1) is 11.6. The summed E-state index contributed by atoms with van der Waals surface area (Å²) in [6.45, 7) is 0.397. The highest BCUT2D eigenvalue weighted by Gasteiger charge is 2.09. The standard InChI is InChI=1S/C16H15N5O2S/c17-15(22)12-6-8-13(9-7-12)16-18-20-21(19-16)10-11-24(23)14-4-2-1-3-5-14/h1-9H,10-11H2,(H2,17,22)/t24-/m0/s1. The van der Waals surface area contributed by atoms with Crippen LogP contribution in [-0.2, 0) is 17.3 Å². The Morgan fingerprint density at radius 2 is 1.79 bits per heavy atom. The summed E-state index contributed by atoms with van der Waals surface area (Å²) >= 11 is 0. The van der Waals surface area contributed by atoms with Crippen molar-refractivity contribution in [2.24, 2.45) is 5.73 Å². The number of carbonyl (C=O) groups is 1. The van der Waals surface area contributed by atoms with Crippen LogP contribution in [0.3, 0.4) is 0 Å². The molecule has 1 heterocycles. The van der Waals surface area contributed by atoms with E-state index in [1.165, 1.54) is 4.80 Å². The molecule has 0 bridgehead atoms. The molecule has 0 saturated carbocycles. The number of primary amides is 1. The van der Waals surface area contributed by atoms with Crippen molar-refractivity contribution >= 4 is 16.7 Å². The zero-order valence-corrected chi connectivity index (χ0v) is 13.5. The zero-order valence-electron chi connectivity index (χ0n) is 12.7. The molecule has 0 saturated heterocycles. The normalized spacial score (nSPS) is 12.0. The van der Waals surface area contributed by atoms with Gasteiger partial charge in [0, 0.05) is 21.8 Å². The van der Waals surface area contributed by atoms with Crippen molar-refractivity contribution in [2.45, 2.75) is 11.4 Å². The molecular weight excluding hydrogens is 326 g/mol. The van der Waals surface area contributed by atoms with Gasteiger partial charge < -0.3 is 5.73 Å². The van der Waals surface area contributed by atoms with Crippen LogP contribution < -0.4 is 5.73 Å². The van der Waals surface area contributed by atoms with Crippen molar-refractivity contribution in [1.29, 1.82) is 0 Å². The summed E-state index contributed by atoms with van der Waals surface area (Å²) in [4.78, 5) is 13.3. The fourth-order valence-electron chi connectivity index (χ4n) is 2.09. The molecule has 8 heteroatoms. The van der Waals surface area contributed by atoms with Crippen LogP contribution in [0.2, 0.25) is 0 Å². The first kappa shape index (κ1) is 16.0. The van der Waals surface area contributed by atoms with Crippen molar-refractivity contribution in [3.05, 3.63) is 60.2 Å². The lowest BCUT2D eigenvalue weighted by molar-refractivity contribution is 0.100. The van der Waals surface area contributed by atoms with Gasteiger partial charge in [0.2, 0.25) is 11.7 Å². The van der Waals surface area contributed by atoms with Crippen molar-refractivity contribution in [1.82, 2.24) is 20.2 Å². The highest BCUT2D eigenvalue weighted by atomic mass is 32.2. The predicted molar refractivity (Wildman–Crippen MR) is 89.5 cm³/mol. The quantitative estimate of drug-likeness (QED) is 0.726. The molecule has 24 heavy (non-hydrogen) atoms. The van der Waals surface area contributed by atoms with Crippen LogP contribution in [0.15, 0.2) is 59.5 Å². The molecule has 122 valence electrons. The third kappa shape index (κ3) is 3.72. The molecule has 0 unspecified atom stereocenters. The van der Waals surface area contributed by atoms with E-state index in [0.29, 0.717) is 23.7 Å². The molecule has 0 aliphatic heterocycles.